The topological polar surface area (TPSA) is 51.2 Å². The van der Waals surface area contributed by atoms with E-state index < -0.39 is 6.09 Å². The molecule has 0 unspecified atom stereocenters. The molecule has 3 aromatic rings. The summed E-state index contributed by atoms with van der Waals surface area (Å²) in [6, 6.07) is 13.9. The summed E-state index contributed by atoms with van der Waals surface area (Å²) in [4.78, 5) is 16.3. The quantitative estimate of drug-likeness (QED) is 0.613. The molecule has 0 radical (unpaired) electrons. The van der Waals surface area contributed by atoms with Crippen molar-refractivity contribution in [1.82, 2.24) is 4.98 Å². The van der Waals surface area contributed by atoms with Crippen molar-refractivity contribution in [2.45, 2.75) is 26.7 Å². The number of anilines is 1. The van der Waals surface area contributed by atoms with E-state index in [-0.39, 0.29) is 0 Å². The van der Waals surface area contributed by atoms with Crippen molar-refractivity contribution in [3.05, 3.63) is 48.0 Å². The molecule has 0 fully saturated rings. The Kier molecular flexibility index (Phi) is 5.11. The average Bonchev–Trinajstić information content (AvgIpc) is 2.99. The Morgan fingerprint density at radius 1 is 1.21 bits per heavy atom. The molecule has 0 atom stereocenters. The zero-order valence-electron chi connectivity index (χ0n) is 13.8. The Balaban J connectivity index is 1.70. The number of nitrogens with zero attached hydrogens (tertiary/aromatic N) is 1. The second-order valence-corrected chi connectivity index (χ2v) is 6.71. The standard InChI is InChI=1S/C19H20N2O2S/c1-3-4-11-23-19(22)20-15-8-6-14(7-9-15)18-21-16-10-5-13(2)12-17(16)24-18/h5-10,12H,3-4,11H2,1-2H3,(H,20,22). The van der Waals surface area contributed by atoms with Gasteiger partial charge in [0.15, 0.2) is 0 Å². The van der Waals surface area contributed by atoms with Crippen molar-refractivity contribution >= 4 is 33.3 Å². The third-order valence-corrected chi connectivity index (χ3v) is 4.72. The van der Waals surface area contributed by atoms with Crippen LogP contribution in [0.5, 0.6) is 0 Å². The van der Waals surface area contributed by atoms with Crippen molar-refractivity contribution in [3.8, 4) is 10.6 Å². The first kappa shape index (κ1) is 16.5. The summed E-state index contributed by atoms with van der Waals surface area (Å²) in [5.74, 6) is 0. The average molecular weight is 340 g/mol. The SMILES string of the molecule is CCCCOC(=O)Nc1ccc(-c2nc3ccc(C)cc3s2)cc1. The smallest absolute Gasteiger partial charge is 0.411 e. The third kappa shape index (κ3) is 3.92. The van der Waals surface area contributed by atoms with E-state index in [0.29, 0.717) is 6.61 Å². The number of ether oxygens (including phenoxy) is 1. The fourth-order valence-electron chi connectivity index (χ4n) is 2.31. The predicted molar refractivity (Wildman–Crippen MR) is 99.7 cm³/mol. The van der Waals surface area contributed by atoms with E-state index in [1.54, 1.807) is 11.3 Å². The summed E-state index contributed by atoms with van der Waals surface area (Å²) in [6.45, 7) is 4.59. The van der Waals surface area contributed by atoms with Gasteiger partial charge in [0.25, 0.3) is 0 Å². The highest BCUT2D eigenvalue weighted by molar-refractivity contribution is 7.21. The van der Waals surface area contributed by atoms with Gasteiger partial charge in [-0.25, -0.2) is 9.78 Å². The number of unbranched alkanes of at least 4 members (excludes halogenated alkanes) is 1. The number of nitrogens with one attached hydrogen (secondary N) is 1. The number of benzene rings is 2. The highest BCUT2D eigenvalue weighted by Gasteiger charge is 2.07. The van der Waals surface area contributed by atoms with Gasteiger partial charge in [0, 0.05) is 11.3 Å². The molecular formula is C19H20N2O2S. The zero-order valence-corrected chi connectivity index (χ0v) is 14.7. The fourth-order valence-corrected chi connectivity index (χ4v) is 3.38. The van der Waals surface area contributed by atoms with Crippen molar-refractivity contribution in [2.75, 3.05) is 11.9 Å². The molecule has 3 rings (SSSR count). The molecule has 4 nitrogen and oxygen atoms in total. The van der Waals surface area contributed by atoms with Gasteiger partial charge in [-0.3, -0.25) is 5.32 Å². The Bertz CT molecular complexity index is 840. The molecule has 5 heteroatoms. The Morgan fingerprint density at radius 2 is 2.00 bits per heavy atom. The first-order valence-electron chi connectivity index (χ1n) is 8.07. The van der Waals surface area contributed by atoms with Crippen molar-refractivity contribution in [1.29, 1.82) is 0 Å². The molecule has 1 heterocycles. The maximum atomic E-state index is 11.6. The Hall–Kier alpha value is -2.40. The summed E-state index contributed by atoms with van der Waals surface area (Å²) in [7, 11) is 0. The molecule has 1 N–H and O–H groups in total. The van der Waals surface area contributed by atoms with Crippen LogP contribution in [0.25, 0.3) is 20.8 Å². The maximum Gasteiger partial charge on any atom is 0.411 e. The Morgan fingerprint density at radius 3 is 2.75 bits per heavy atom. The maximum absolute atomic E-state index is 11.6. The van der Waals surface area contributed by atoms with E-state index in [1.807, 2.05) is 30.3 Å². The number of carbonyl (C=O) groups is 1. The molecule has 1 amide bonds. The van der Waals surface area contributed by atoms with Crippen LogP contribution < -0.4 is 5.32 Å². The lowest BCUT2D eigenvalue weighted by atomic mass is 10.2. The van der Waals surface area contributed by atoms with E-state index in [0.717, 1.165) is 34.6 Å². The van der Waals surface area contributed by atoms with Crippen molar-refractivity contribution < 1.29 is 9.53 Å². The van der Waals surface area contributed by atoms with Gasteiger partial charge in [-0.1, -0.05) is 19.4 Å². The van der Waals surface area contributed by atoms with Crippen LogP contribution in [0.1, 0.15) is 25.3 Å². The molecule has 124 valence electrons. The van der Waals surface area contributed by atoms with Crippen LogP contribution in [0.3, 0.4) is 0 Å². The molecular weight excluding hydrogens is 320 g/mol. The lowest BCUT2D eigenvalue weighted by Crippen LogP contribution is -2.14. The van der Waals surface area contributed by atoms with Gasteiger partial charge < -0.3 is 4.74 Å². The van der Waals surface area contributed by atoms with Gasteiger partial charge >= 0.3 is 6.09 Å². The van der Waals surface area contributed by atoms with E-state index in [4.69, 9.17) is 4.74 Å². The summed E-state index contributed by atoms with van der Waals surface area (Å²) in [6.07, 6.45) is 1.47. The van der Waals surface area contributed by atoms with Crippen molar-refractivity contribution in [3.63, 3.8) is 0 Å². The predicted octanol–water partition coefficient (Wildman–Crippen LogP) is 5.62. The lowest BCUT2D eigenvalue weighted by Gasteiger charge is -2.06. The molecule has 0 aliphatic carbocycles. The van der Waals surface area contributed by atoms with Crippen LogP contribution in [0, 0.1) is 6.92 Å². The number of fused-ring (bicyclic) bond motifs is 1. The second-order valence-electron chi connectivity index (χ2n) is 5.68. The highest BCUT2D eigenvalue weighted by atomic mass is 32.1. The molecule has 0 saturated carbocycles. The van der Waals surface area contributed by atoms with Crippen molar-refractivity contribution in [2.24, 2.45) is 0 Å². The van der Waals surface area contributed by atoms with Crippen LogP contribution in [0.15, 0.2) is 42.5 Å². The van der Waals surface area contributed by atoms with E-state index in [9.17, 15) is 4.79 Å². The van der Waals surface area contributed by atoms with Crippen LogP contribution in [0.2, 0.25) is 0 Å². The third-order valence-electron chi connectivity index (χ3n) is 3.65. The van der Waals surface area contributed by atoms with Gasteiger partial charge in [0.1, 0.15) is 5.01 Å². The molecule has 0 aliphatic heterocycles. The number of thiazole rings is 1. The normalized spacial score (nSPS) is 10.8. The number of hydrogen-bond donors (Lipinski definition) is 1. The Labute approximate surface area is 145 Å². The monoisotopic (exact) mass is 340 g/mol. The number of amides is 1. The lowest BCUT2D eigenvalue weighted by molar-refractivity contribution is 0.160. The molecule has 0 bridgehead atoms. The van der Waals surface area contributed by atoms with E-state index in [2.05, 4.69) is 36.3 Å². The molecule has 0 spiro atoms. The molecule has 1 aromatic heterocycles. The molecule has 24 heavy (non-hydrogen) atoms. The van der Waals surface area contributed by atoms with Gasteiger partial charge in [0.05, 0.1) is 16.8 Å². The first-order chi connectivity index (χ1) is 11.7. The minimum atomic E-state index is -0.410. The number of rotatable bonds is 5. The summed E-state index contributed by atoms with van der Waals surface area (Å²) in [5, 5.41) is 3.71. The van der Waals surface area contributed by atoms with E-state index >= 15 is 0 Å². The van der Waals surface area contributed by atoms with Gasteiger partial charge in [-0.15, -0.1) is 11.3 Å². The van der Waals surface area contributed by atoms with Crippen LogP contribution >= 0.6 is 11.3 Å². The molecule has 2 aromatic carbocycles. The summed E-state index contributed by atoms with van der Waals surface area (Å²) < 4.78 is 6.28. The van der Waals surface area contributed by atoms with Gasteiger partial charge in [-0.05, 0) is 55.3 Å². The van der Waals surface area contributed by atoms with Crippen LogP contribution in [-0.2, 0) is 4.74 Å². The minimum absolute atomic E-state index is 0.410. The summed E-state index contributed by atoms with van der Waals surface area (Å²) >= 11 is 1.67. The number of aromatic nitrogens is 1. The summed E-state index contributed by atoms with van der Waals surface area (Å²) in [5.41, 5.74) is 4.01. The highest BCUT2D eigenvalue weighted by Crippen LogP contribution is 2.31. The largest absolute Gasteiger partial charge is 0.449 e. The zero-order chi connectivity index (χ0) is 16.9. The van der Waals surface area contributed by atoms with E-state index in [1.165, 1.54) is 10.3 Å². The number of carbonyl (C=O) groups excluding carboxylic acids is 1. The number of hydrogen-bond acceptors (Lipinski definition) is 4. The fraction of sp³-hybridized carbons (Fsp3) is 0.263. The number of aryl methyl sites for hydroxylation is 1. The molecule has 0 aliphatic rings. The van der Waals surface area contributed by atoms with Crippen LogP contribution in [0.4, 0.5) is 10.5 Å². The second kappa shape index (κ2) is 7.45. The van der Waals surface area contributed by atoms with Crippen LogP contribution in [-0.4, -0.2) is 17.7 Å². The minimum Gasteiger partial charge on any atom is -0.449 e. The first-order valence-corrected chi connectivity index (χ1v) is 8.89. The van der Waals surface area contributed by atoms with Gasteiger partial charge in [0.2, 0.25) is 0 Å². The van der Waals surface area contributed by atoms with Gasteiger partial charge in [-0.2, -0.15) is 0 Å². The molecule has 0 saturated heterocycles.